The molecule has 4 aromatic carbocycles. The Balaban J connectivity index is 1.34. The molecule has 0 spiro atoms. The highest BCUT2D eigenvalue weighted by atomic mass is 16.5. The molecule has 12 rings (SSSR count). The van der Waals surface area contributed by atoms with Gasteiger partial charge in [-0.2, -0.15) is 0 Å². The summed E-state index contributed by atoms with van der Waals surface area (Å²) in [5.74, 6) is 6.90. The van der Waals surface area contributed by atoms with E-state index >= 15 is 0 Å². The van der Waals surface area contributed by atoms with Gasteiger partial charge in [0.15, 0.2) is 0 Å². The summed E-state index contributed by atoms with van der Waals surface area (Å²) in [6, 6.07) is 18.1. The number of methoxy groups -OCH3 is 1. The second-order valence-electron chi connectivity index (χ2n) is 16.0. The van der Waals surface area contributed by atoms with E-state index in [-0.39, 0.29) is 0 Å². The molecule has 0 amide bonds. The molecule has 0 atom stereocenters. The first kappa shape index (κ1) is 23.8. The van der Waals surface area contributed by atoms with E-state index in [2.05, 4.69) is 36.4 Å². The number of hydrogen-bond donors (Lipinski definition) is 1. The van der Waals surface area contributed by atoms with Gasteiger partial charge in [-0.3, -0.25) is 0 Å². The number of phenolic OH excluding ortho intramolecular Hbond substituents is 1. The standard InChI is InChI=1S/C39H42O2/c1-41-35-7-6-33(38-16-22-8-23(17-38)10-24(9-22)18-38)37-34(39-19-25-11-26(20-39)13-27(12-25)21-39)15-32-30-5-3-29(40)14-28(30)2-4-31(32)36(35)37/h2-7,14-15,22-27,40H,8-13,16-21H2,1H3. The summed E-state index contributed by atoms with van der Waals surface area (Å²) in [7, 11) is 1.88. The summed E-state index contributed by atoms with van der Waals surface area (Å²) in [5.41, 5.74) is 3.99. The maximum atomic E-state index is 10.3. The molecule has 0 radical (unpaired) electrons. The van der Waals surface area contributed by atoms with Crippen molar-refractivity contribution in [2.45, 2.75) is 87.9 Å². The minimum atomic E-state index is 0.295. The monoisotopic (exact) mass is 542 g/mol. The predicted octanol–water partition coefficient (Wildman–Crippen LogP) is 9.80. The van der Waals surface area contributed by atoms with Crippen LogP contribution >= 0.6 is 0 Å². The number of benzene rings is 4. The molecule has 8 bridgehead atoms. The van der Waals surface area contributed by atoms with Gasteiger partial charge < -0.3 is 9.84 Å². The summed E-state index contributed by atoms with van der Waals surface area (Å²) in [6.07, 6.45) is 17.2. The van der Waals surface area contributed by atoms with Crippen LogP contribution in [-0.4, -0.2) is 12.2 Å². The first-order valence-electron chi connectivity index (χ1n) is 16.7. The van der Waals surface area contributed by atoms with Crippen molar-refractivity contribution in [3.63, 3.8) is 0 Å². The lowest BCUT2D eigenvalue weighted by molar-refractivity contribution is -0.00676. The van der Waals surface area contributed by atoms with Crippen LogP contribution in [0.4, 0.5) is 0 Å². The third-order valence-electron chi connectivity index (χ3n) is 13.5. The van der Waals surface area contributed by atoms with Crippen LogP contribution in [-0.2, 0) is 10.8 Å². The van der Waals surface area contributed by atoms with Crippen molar-refractivity contribution in [3.8, 4) is 11.5 Å². The maximum Gasteiger partial charge on any atom is 0.127 e. The average Bonchev–Trinajstić information content (AvgIpc) is 2.94. The van der Waals surface area contributed by atoms with E-state index in [9.17, 15) is 5.11 Å². The van der Waals surface area contributed by atoms with Gasteiger partial charge in [0, 0.05) is 5.39 Å². The fourth-order valence-electron chi connectivity index (χ4n) is 13.0. The van der Waals surface area contributed by atoms with Gasteiger partial charge >= 0.3 is 0 Å². The van der Waals surface area contributed by atoms with Gasteiger partial charge in [-0.1, -0.05) is 24.3 Å². The zero-order chi connectivity index (χ0) is 27.1. The molecule has 2 heteroatoms. The summed E-state index contributed by atoms with van der Waals surface area (Å²) < 4.78 is 6.27. The summed E-state index contributed by atoms with van der Waals surface area (Å²) in [6.45, 7) is 0. The molecule has 8 aliphatic rings. The predicted molar refractivity (Wildman–Crippen MR) is 167 cm³/mol. The Morgan fingerprint density at radius 2 is 1.10 bits per heavy atom. The van der Waals surface area contributed by atoms with Gasteiger partial charge in [0.05, 0.1) is 7.11 Å². The van der Waals surface area contributed by atoms with Crippen molar-refractivity contribution in [2.75, 3.05) is 7.11 Å². The van der Waals surface area contributed by atoms with E-state index in [1.165, 1.54) is 98.6 Å². The number of hydrogen-bond acceptors (Lipinski definition) is 2. The zero-order valence-electron chi connectivity index (χ0n) is 24.4. The van der Waals surface area contributed by atoms with Crippen molar-refractivity contribution in [1.82, 2.24) is 0 Å². The molecule has 8 saturated carbocycles. The first-order chi connectivity index (χ1) is 20.0. The van der Waals surface area contributed by atoms with E-state index in [1.54, 1.807) is 16.5 Å². The molecule has 4 aromatic rings. The van der Waals surface area contributed by atoms with Crippen LogP contribution in [0.25, 0.3) is 32.3 Å². The third-order valence-corrected chi connectivity index (χ3v) is 13.5. The lowest BCUT2D eigenvalue weighted by atomic mass is 9.46. The van der Waals surface area contributed by atoms with Gasteiger partial charge in [0.2, 0.25) is 0 Å². The molecule has 0 aliphatic heterocycles. The largest absolute Gasteiger partial charge is 0.508 e. The molecular weight excluding hydrogens is 500 g/mol. The quantitative estimate of drug-likeness (QED) is 0.261. The Morgan fingerprint density at radius 3 is 1.66 bits per heavy atom. The van der Waals surface area contributed by atoms with Crippen molar-refractivity contribution in [1.29, 1.82) is 0 Å². The second kappa shape index (κ2) is 8.00. The summed E-state index contributed by atoms with van der Waals surface area (Å²) in [4.78, 5) is 0. The van der Waals surface area contributed by atoms with E-state index in [1.807, 2.05) is 19.2 Å². The molecule has 210 valence electrons. The Morgan fingerprint density at radius 1 is 0.561 bits per heavy atom. The molecule has 0 heterocycles. The molecule has 41 heavy (non-hydrogen) atoms. The van der Waals surface area contributed by atoms with Crippen LogP contribution in [0.5, 0.6) is 11.5 Å². The SMILES string of the molecule is COc1ccc(C23CC4CC(CC(C4)C2)C3)c2c(C34CC5CC(CC(C5)C3)C4)cc3c4ccc(O)cc4ccc3c12. The minimum Gasteiger partial charge on any atom is -0.508 e. The number of ether oxygens (including phenoxy) is 1. The topological polar surface area (TPSA) is 29.5 Å². The molecule has 2 nitrogen and oxygen atoms in total. The van der Waals surface area contributed by atoms with Crippen molar-refractivity contribution < 1.29 is 9.84 Å². The Hall–Kier alpha value is -2.74. The van der Waals surface area contributed by atoms with Crippen LogP contribution in [0, 0.1) is 35.5 Å². The third kappa shape index (κ3) is 3.20. The van der Waals surface area contributed by atoms with Gasteiger partial charge in [0.25, 0.3) is 0 Å². The van der Waals surface area contributed by atoms with Crippen LogP contribution < -0.4 is 4.74 Å². The van der Waals surface area contributed by atoms with Crippen molar-refractivity contribution in [3.05, 3.63) is 59.7 Å². The van der Waals surface area contributed by atoms with Gasteiger partial charge in [-0.15, -0.1) is 0 Å². The number of fused-ring (bicyclic) bond motifs is 5. The summed E-state index contributed by atoms with van der Waals surface area (Å²) >= 11 is 0. The van der Waals surface area contributed by atoms with E-state index in [0.717, 1.165) is 46.6 Å². The Bertz CT molecular complexity index is 1690. The number of aromatic hydroxyl groups is 1. The maximum absolute atomic E-state index is 10.3. The van der Waals surface area contributed by atoms with Crippen LogP contribution in [0.3, 0.4) is 0 Å². The average molecular weight is 543 g/mol. The molecule has 0 aromatic heterocycles. The van der Waals surface area contributed by atoms with Crippen molar-refractivity contribution >= 4 is 32.3 Å². The second-order valence-corrected chi connectivity index (χ2v) is 16.0. The lowest BCUT2D eigenvalue weighted by Gasteiger charge is -2.59. The number of phenols is 1. The van der Waals surface area contributed by atoms with E-state index < -0.39 is 0 Å². The fourth-order valence-corrected chi connectivity index (χ4v) is 13.0. The van der Waals surface area contributed by atoms with Crippen LogP contribution in [0.15, 0.2) is 48.5 Å². The van der Waals surface area contributed by atoms with E-state index in [0.29, 0.717) is 16.6 Å². The molecule has 0 saturated heterocycles. The molecule has 0 unspecified atom stereocenters. The first-order valence-corrected chi connectivity index (χ1v) is 16.7. The van der Waals surface area contributed by atoms with Crippen LogP contribution in [0.1, 0.15) is 88.2 Å². The fraction of sp³-hybridized carbons (Fsp3) is 0.538. The lowest BCUT2D eigenvalue weighted by Crippen LogP contribution is -2.50. The molecule has 8 aliphatic carbocycles. The molecular formula is C39H42O2. The highest BCUT2D eigenvalue weighted by Gasteiger charge is 2.55. The summed E-state index contributed by atoms with van der Waals surface area (Å²) in [5, 5.41) is 18.4. The highest BCUT2D eigenvalue weighted by Crippen LogP contribution is 2.65. The molecule has 1 N–H and O–H groups in total. The van der Waals surface area contributed by atoms with Crippen molar-refractivity contribution in [2.24, 2.45) is 35.5 Å². The normalized spacial score (nSPS) is 38.5. The molecule has 8 fully saturated rings. The van der Waals surface area contributed by atoms with Gasteiger partial charge in [-0.05, 0) is 186 Å². The van der Waals surface area contributed by atoms with E-state index in [4.69, 9.17) is 4.74 Å². The van der Waals surface area contributed by atoms with Gasteiger partial charge in [0.1, 0.15) is 11.5 Å². The Kier molecular flexibility index (Phi) is 4.64. The minimum absolute atomic E-state index is 0.295. The highest BCUT2D eigenvalue weighted by molar-refractivity contribution is 6.21. The van der Waals surface area contributed by atoms with Crippen LogP contribution in [0.2, 0.25) is 0 Å². The van der Waals surface area contributed by atoms with Gasteiger partial charge in [-0.25, -0.2) is 0 Å². The Labute approximate surface area is 243 Å². The smallest absolute Gasteiger partial charge is 0.127 e. The number of rotatable bonds is 3. The zero-order valence-corrected chi connectivity index (χ0v) is 24.4.